The standard InChI is InChI=1S/C26H32F5N7OS/c1-14(2)38-23-20(13-32-25(35-23)33-16-6-8-21(37(3)4)18(28)12-16)34-22(24(38)39)15-5-7-19(17(27)11-15)36-40-10-9-26(29,30)31/h5,7,11,13-14,16,18,21,36H,6,8-10,12H2,1-4H3,(H,32,33,35). The number of rotatable bonds is 9. The second-order valence-electron chi connectivity index (χ2n) is 10.3. The fraction of sp³-hybridized carbons (Fsp3) is 0.538. The van der Waals surface area contributed by atoms with Crippen molar-refractivity contribution in [3.63, 3.8) is 0 Å². The third-order valence-corrected chi connectivity index (χ3v) is 7.57. The number of anilines is 2. The summed E-state index contributed by atoms with van der Waals surface area (Å²) in [6.07, 6.45) is -3.06. The second kappa shape index (κ2) is 12.2. The maximum atomic E-state index is 14.8. The molecule has 2 heterocycles. The van der Waals surface area contributed by atoms with Gasteiger partial charge in [0.05, 0.1) is 18.3 Å². The van der Waals surface area contributed by atoms with Gasteiger partial charge in [0.25, 0.3) is 5.56 Å². The van der Waals surface area contributed by atoms with Gasteiger partial charge in [0.2, 0.25) is 5.95 Å². The lowest BCUT2D eigenvalue weighted by atomic mass is 9.89. The topological polar surface area (TPSA) is 88.0 Å². The van der Waals surface area contributed by atoms with Crippen LogP contribution in [-0.2, 0) is 0 Å². The Morgan fingerprint density at radius 1 is 1.20 bits per heavy atom. The SMILES string of the molecule is CC(C)n1c(=O)c(-c2ccc(NSCCC(F)(F)F)c(F)c2)nc2cnc(NC3CCC(N(C)C)C(F)C3)nc21. The number of nitrogens with one attached hydrogen (secondary N) is 2. The van der Waals surface area contributed by atoms with Crippen LogP contribution >= 0.6 is 11.9 Å². The molecule has 0 saturated heterocycles. The van der Waals surface area contributed by atoms with E-state index in [1.54, 1.807) is 0 Å². The van der Waals surface area contributed by atoms with Crippen molar-refractivity contribution in [3.05, 3.63) is 40.6 Å². The van der Waals surface area contributed by atoms with E-state index in [1.807, 2.05) is 32.8 Å². The lowest BCUT2D eigenvalue weighted by molar-refractivity contribution is -0.129. The van der Waals surface area contributed by atoms with Crippen LogP contribution in [0.15, 0.2) is 29.2 Å². The number of hydrogen-bond donors (Lipinski definition) is 2. The summed E-state index contributed by atoms with van der Waals surface area (Å²) in [5.74, 6) is -0.750. The number of hydrogen-bond acceptors (Lipinski definition) is 8. The summed E-state index contributed by atoms with van der Waals surface area (Å²) in [5, 5.41) is 3.19. The third-order valence-electron chi connectivity index (χ3n) is 6.80. The number of fused-ring (bicyclic) bond motifs is 1. The molecule has 3 unspecified atom stereocenters. The lowest BCUT2D eigenvalue weighted by Crippen LogP contribution is -2.44. The van der Waals surface area contributed by atoms with Crippen LogP contribution in [0, 0.1) is 5.82 Å². The van der Waals surface area contributed by atoms with E-state index in [4.69, 9.17) is 0 Å². The largest absolute Gasteiger partial charge is 0.389 e. The van der Waals surface area contributed by atoms with Crippen LogP contribution in [0.2, 0.25) is 0 Å². The molecule has 1 fully saturated rings. The fourth-order valence-corrected chi connectivity index (χ4v) is 5.53. The average molecular weight is 586 g/mol. The molecule has 0 radical (unpaired) electrons. The molecule has 3 atom stereocenters. The van der Waals surface area contributed by atoms with Crippen LogP contribution < -0.4 is 15.6 Å². The minimum absolute atomic E-state index is 0.00455. The summed E-state index contributed by atoms with van der Waals surface area (Å²) in [6, 6.07) is 3.33. The van der Waals surface area contributed by atoms with Crippen molar-refractivity contribution < 1.29 is 22.0 Å². The number of benzene rings is 1. The van der Waals surface area contributed by atoms with Crippen LogP contribution in [0.25, 0.3) is 22.4 Å². The van der Waals surface area contributed by atoms with Crippen molar-refractivity contribution in [1.29, 1.82) is 0 Å². The minimum Gasteiger partial charge on any atom is -0.351 e. The molecule has 0 amide bonds. The maximum absolute atomic E-state index is 14.8. The van der Waals surface area contributed by atoms with E-state index in [0.717, 1.165) is 24.4 Å². The van der Waals surface area contributed by atoms with Crippen molar-refractivity contribution in [2.24, 2.45) is 0 Å². The van der Waals surface area contributed by atoms with E-state index >= 15 is 0 Å². The molecule has 3 aromatic rings. The van der Waals surface area contributed by atoms with Gasteiger partial charge in [-0.2, -0.15) is 18.2 Å². The molecule has 14 heteroatoms. The zero-order valence-electron chi connectivity index (χ0n) is 22.6. The predicted octanol–water partition coefficient (Wildman–Crippen LogP) is 5.82. The molecule has 218 valence electrons. The molecule has 2 aromatic heterocycles. The molecule has 0 bridgehead atoms. The van der Waals surface area contributed by atoms with Crippen LogP contribution in [0.5, 0.6) is 0 Å². The number of nitrogens with zero attached hydrogens (tertiary/aromatic N) is 5. The highest BCUT2D eigenvalue weighted by molar-refractivity contribution is 8.00. The molecule has 40 heavy (non-hydrogen) atoms. The monoisotopic (exact) mass is 585 g/mol. The minimum atomic E-state index is -4.29. The summed E-state index contributed by atoms with van der Waals surface area (Å²) < 4.78 is 70.5. The summed E-state index contributed by atoms with van der Waals surface area (Å²) in [7, 11) is 3.73. The predicted molar refractivity (Wildman–Crippen MR) is 148 cm³/mol. The number of aromatic nitrogens is 4. The van der Waals surface area contributed by atoms with E-state index in [0.29, 0.717) is 24.0 Å². The molecular formula is C26H32F5N7OS. The Bertz CT molecular complexity index is 1400. The van der Waals surface area contributed by atoms with E-state index < -0.39 is 30.1 Å². The van der Waals surface area contributed by atoms with Gasteiger partial charge < -0.3 is 14.9 Å². The van der Waals surface area contributed by atoms with Crippen LogP contribution in [0.3, 0.4) is 0 Å². The van der Waals surface area contributed by atoms with Gasteiger partial charge in [-0.15, -0.1) is 0 Å². The van der Waals surface area contributed by atoms with Crippen LogP contribution in [-0.4, -0.2) is 68.7 Å². The number of halogens is 5. The Balaban J connectivity index is 1.58. The van der Waals surface area contributed by atoms with Crippen molar-refractivity contribution >= 4 is 34.7 Å². The van der Waals surface area contributed by atoms with Crippen molar-refractivity contribution in [1.82, 2.24) is 24.4 Å². The van der Waals surface area contributed by atoms with Crippen molar-refractivity contribution in [2.75, 3.05) is 29.9 Å². The van der Waals surface area contributed by atoms with E-state index in [2.05, 4.69) is 25.0 Å². The molecule has 1 aliphatic carbocycles. The van der Waals surface area contributed by atoms with Crippen LogP contribution in [0.4, 0.5) is 33.6 Å². The molecule has 1 aliphatic rings. The quantitative estimate of drug-likeness (QED) is 0.185. The van der Waals surface area contributed by atoms with E-state index in [9.17, 15) is 26.7 Å². The highest BCUT2D eigenvalue weighted by atomic mass is 32.2. The Morgan fingerprint density at radius 2 is 1.95 bits per heavy atom. The molecule has 4 rings (SSSR count). The normalized spacial score (nSPS) is 19.9. The molecule has 8 nitrogen and oxygen atoms in total. The van der Waals surface area contributed by atoms with Crippen molar-refractivity contribution in [2.45, 2.75) is 70.0 Å². The Kier molecular flexibility index (Phi) is 9.18. The first-order valence-electron chi connectivity index (χ1n) is 12.9. The number of alkyl halides is 4. The molecule has 2 N–H and O–H groups in total. The van der Waals surface area contributed by atoms with E-state index in [-0.39, 0.29) is 46.8 Å². The van der Waals surface area contributed by atoms with Gasteiger partial charge >= 0.3 is 6.18 Å². The van der Waals surface area contributed by atoms with Gasteiger partial charge in [-0.25, -0.2) is 18.7 Å². The molecule has 1 saturated carbocycles. The molecule has 0 spiro atoms. The zero-order valence-corrected chi connectivity index (χ0v) is 23.4. The highest BCUT2D eigenvalue weighted by Gasteiger charge is 2.32. The maximum Gasteiger partial charge on any atom is 0.389 e. The molecule has 1 aromatic carbocycles. The average Bonchev–Trinajstić information content (AvgIpc) is 2.86. The van der Waals surface area contributed by atoms with Crippen molar-refractivity contribution in [3.8, 4) is 11.3 Å². The lowest BCUT2D eigenvalue weighted by Gasteiger charge is -2.35. The van der Waals surface area contributed by atoms with Gasteiger partial charge in [0.15, 0.2) is 5.65 Å². The van der Waals surface area contributed by atoms with Crippen LogP contribution in [0.1, 0.15) is 45.6 Å². The smallest absolute Gasteiger partial charge is 0.351 e. The van der Waals surface area contributed by atoms with Gasteiger partial charge in [0, 0.05) is 35.9 Å². The van der Waals surface area contributed by atoms with Gasteiger partial charge in [0.1, 0.15) is 23.2 Å². The Hall–Kier alpha value is -3.00. The molecular weight excluding hydrogens is 553 g/mol. The first kappa shape index (κ1) is 30.0. The molecule has 0 aliphatic heterocycles. The highest BCUT2D eigenvalue weighted by Crippen LogP contribution is 2.29. The first-order chi connectivity index (χ1) is 18.8. The fourth-order valence-electron chi connectivity index (χ4n) is 4.77. The van der Waals surface area contributed by atoms with Gasteiger partial charge in [-0.05, 0) is 52.9 Å². The van der Waals surface area contributed by atoms with E-state index in [1.165, 1.54) is 22.9 Å². The zero-order chi connectivity index (χ0) is 29.2. The third kappa shape index (κ3) is 7.00. The summed E-state index contributed by atoms with van der Waals surface area (Å²) in [4.78, 5) is 28.7. The first-order valence-corrected chi connectivity index (χ1v) is 13.9. The van der Waals surface area contributed by atoms with Gasteiger partial charge in [-0.1, -0.05) is 18.0 Å². The Morgan fingerprint density at radius 3 is 2.58 bits per heavy atom. The summed E-state index contributed by atoms with van der Waals surface area (Å²) >= 11 is 0.739. The second-order valence-corrected chi connectivity index (χ2v) is 11.2. The summed E-state index contributed by atoms with van der Waals surface area (Å²) in [5.41, 5.74) is 0.317. The Labute approximate surface area is 232 Å². The summed E-state index contributed by atoms with van der Waals surface area (Å²) in [6.45, 7) is 3.61. The van der Waals surface area contributed by atoms with Gasteiger partial charge in [-0.3, -0.25) is 9.36 Å².